The van der Waals surface area contributed by atoms with Crippen molar-refractivity contribution in [3.05, 3.63) is 23.8 Å². The molecule has 1 unspecified atom stereocenters. The van der Waals surface area contributed by atoms with Gasteiger partial charge in [0.2, 0.25) is 15.9 Å². The van der Waals surface area contributed by atoms with Crippen LogP contribution in [-0.4, -0.2) is 43.2 Å². The summed E-state index contributed by atoms with van der Waals surface area (Å²) in [6.07, 6.45) is -1.72. The highest BCUT2D eigenvalue weighted by Crippen LogP contribution is 2.25. The SMILES string of the molecule is O=C1Cc2cc(S(=O)(=O)NCC(O)C(=O)O)ccc2N1. The molecular formula is C11H12N2O6S. The number of fused-ring (bicyclic) bond motifs is 1. The number of carboxylic acid groups (broad SMARTS) is 1. The fourth-order valence-corrected chi connectivity index (χ4v) is 2.82. The summed E-state index contributed by atoms with van der Waals surface area (Å²) >= 11 is 0. The smallest absolute Gasteiger partial charge is 0.333 e. The monoisotopic (exact) mass is 300 g/mol. The van der Waals surface area contributed by atoms with E-state index in [0.29, 0.717) is 11.3 Å². The first-order valence-electron chi connectivity index (χ1n) is 5.63. The number of carbonyl (C=O) groups excluding carboxylic acids is 1. The first-order valence-corrected chi connectivity index (χ1v) is 7.11. The predicted molar refractivity (Wildman–Crippen MR) is 67.6 cm³/mol. The number of carbonyl (C=O) groups is 2. The third kappa shape index (κ3) is 2.95. The van der Waals surface area contributed by atoms with E-state index in [2.05, 4.69) is 5.32 Å². The number of sulfonamides is 1. The number of hydrogen-bond donors (Lipinski definition) is 4. The molecule has 1 amide bonds. The number of amides is 1. The summed E-state index contributed by atoms with van der Waals surface area (Å²) in [5.74, 6) is -1.74. The van der Waals surface area contributed by atoms with Gasteiger partial charge in [-0.25, -0.2) is 17.9 Å². The van der Waals surface area contributed by atoms with Gasteiger partial charge in [-0.3, -0.25) is 4.79 Å². The fourth-order valence-electron chi connectivity index (χ4n) is 1.73. The highest BCUT2D eigenvalue weighted by molar-refractivity contribution is 7.89. The lowest BCUT2D eigenvalue weighted by atomic mass is 10.2. The molecule has 8 nitrogen and oxygen atoms in total. The maximum absolute atomic E-state index is 11.9. The Morgan fingerprint density at radius 1 is 1.45 bits per heavy atom. The largest absolute Gasteiger partial charge is 0.479 e. The predicted octanol–water partition coefficient (Wildman–Crippen LogP) is -1.09. The molecule has 1 atom stereocenters. The van der Waals surface area contributed by atoms with Gasteiger partial charge < -0.3 is 15.5 Å². The maximum atomic E-state index is 11.9. The molecule has 0 radical (unpaired) electrons. The van der Waals surface area contributed by atoms with Gasteiger partial charge in [0.05, 0.1) is 11.3 Å². The van der Waals surface area contributed by atoms with Crippen LogP contribution < -0.4 is 10.0 Å². The summed E-state index contributed by atoms with van der Waals surface area (Å²) in [7, 11) is -3.94. The van der Waals surface area contributed by atoms with E-state index in [4.69, 9.17) is 10.2 Å². The third-order valence-corrected chi connectivity index (χ3v) is 4.19. The first kappa shape index (κ1) is 14.4. The van der Waals surface area contributed by atoms with Crippen LogP contribution in [0.2, 0.25) is 0 Å². The molecule has 0 aliphatic carbocycles. The van der Waals surface area contributed by atoms with Crippen molar-refractivity contribution in [2.75, 3.05) is 11.9 Å². The Hall–Kier alpha value is -1.97. The summed E-state index contributed by atoms with van der Waals surface area (Å²) in [6.45, 7) is -0.633. The van der Waals surface area contributed by atoms with Crippen molar-refractivity contribution < 1.29 is 28.2 Å². The van der Waals surface area contributed by atoms with Crippen LogP contribution in [-0.2, 0) is 26.0 Å². The van der Waals surface area contributed by atoms with E-state index in [-0.39, 0.29) is 17.2 Å². The number of benzene rings is 1. The molecule has 4 N–H and O–H groups in total. The number of anilines is 1. The maximum Gasteiger partial charge on any atom is 0.333 e. The van der Waals surface area contributed by atoms with Crippen LogP contribution in [0.3, 0.4) is 0 Å². The summed E-state index contributed by atoms with van der Waals surface area (Å²) in [5.41, 5.74) is 1.11. The molecule has 9 heteroatoms. The molecule has 1 heterocycles. The van der Waals surface area contributed by atoms with E-state index < -0.39 is 28.6 Å². The summed E-state index contributed by atoms with van der Waals surface area (Å²) in [5, 5.41) is 20.1. The first-order chi connectivity index (χ1) is 9.29. The number of aliphatic carboxylic acids is 1. The Labute approximate surface area is 114 Å². The highest BCUT2D eigenvalue weighted by atomic mass is 32.2. The van der Waals surface area contributed by atoms with Crippen molar-refractivity contribution in [2.24, 2.45) is 0 Å². The lowest BCUT2D eigenvalue weighted by molar-refractivity contribution is -0.146. The zero-order chi connectivity index (χ0) is 14.9. The molecule has 0 saturated carbocycles. The van der Waals surface area contributed by atoms with Gasteiger partial charge in [0, 0.05) is 12.2 Å². The number of rotatable bonds is 5. The average molecular weight is 300 g/mol. The van der Waals surface area contributed by atoms with Crippen molar-refractivity contribution in [2.45, 2.75) is 17.4 Å². The second kappa shape index (κ2) is 5.19. The van der Waals surface area contributed by atoms with E-state index in [1.54, 1.807) is 0 Å². The molecule has 0 aromatic heterocycles. The second-order valence-electron chi connectivity index (χ2n) is 4.25. The normalized spacial score (nSPS) is 15.6. The molecule has 1 aliphatic rings. The van der Waals surface area contributed by atoms with Gasteiger partial charge in [-0.05, 0) is 23.8 Å². The second-order valence-corrected chi connectivity index (χ2v) is 6.02. The van der Waals surface area contributed by atoms with Crippen LogP contribution in [0.4, 0.5) is 5.69 Å². The molecule has 108 valence electrons. The van der Waals surface area contributed by atoms with Crippen LogP contribution in [0.5, 0.6) is 0 Å². The van der Waals surface area contributed by atoms with E-state index in [9.17, 15) is 18.0 Å². The minimum atomic E-state index is -3.94. The number of carboxylic acids is 1. The third-order valence-electron chi connectivity index (χ3n) is 2.76. The van der Waals surface area contributed by atoms with Gasteiger partial charge in [-0.1, -0.05) is 0 Å². The van der Waals surface area contributed by atoms with Gasteiger partial charge >= 0.3 is 5.97 Å². The summed E-state index contributed by atoms with van der Waals surface area (Å²) in [6, 6.07) is 4.09. The molecule has 0 spiro atoms. The van der Waals surface area contributed by atoms with Crippen LogP contribution in [0, 0.1) is 0 Å². The molecule has 1 aliphatic heterocycles. The fraction of sp³-hybridized carbons (Fsp3) is 0.273. The zero-order valence-corrected chi connectivity index (χ0v) is 11.0. The van der Waals surface area contributed by atoms with Crippen LogP contribution in [0.15, 0.2) is 23.1 Å². The quantitative estimate of drug-likeness (QED) is 0.546. The minimum Gasteiger partial charge on any atom is -0.479 e. The van der Waals surface area contributed by atoms with E-state index in [1.807, 2.05) is 4.72 Å². The number of aliphatic hydroxyl groups is 1. The molecule has 1 aromatic carbocycles. The van der Waals surface area contributed by atoms with Crippen LogP contribution in [0.1, 0.15) is 5.56 Å². The minimum absolute atomic E-state index is 0.0923. The van der Waals surface area contributed by atoms with Gasteiger partial charge in [0.15, 0.2) is 6.10 Å². The lowest BCUT2D eigenvalue weighted by Crippen LogP contribution is -2.36. The molecule has 0 fully saturated rings. The molecule has 0 saturated heterocycles. The molecule has 0 bridgehead atoms. The zero-order valence-electron chi connectivity index (χ0n) is 10.2. The van der Waals surface area contributed by atoms with Gasteiger partial charge in [0.1, 0.15) is 0 Å². The average Bonchev–Trinajstić information content (AvgIpc) is 2.74. The van der Waals surface area contributed by atoms with Crippen molar-refractivity contribution in [1.29, 1.82) is 0 Å². The number of hydrogen-bond acceptors (Lipinski definition) is 5. The van der Waals surface area contributed by atoms with Crippen LogP contribution >= 0.6 is 0 Å². The molecular weight excluding hydrogens is 288 g/mol. The Morgan fingerprint density at radius 2 is 2.15 bits per heavy atom. The molecule has 1 aromatic rings. The van der Waals surface area contributed by atoms with Crippen molar-refractivity contribution in [3.8, 4) is 0 Å². The van der Waals surface area contributed by atoms with E-state index in [0.717, 1.165) is 0 Å². The Bertz CT molecular complexity index is 669. The van der Waals surface area contributed by atoms with Crippen LogP contribution in [0.25, 0.3) is 0 Å². The number of nitrogens with one attached hydrogen (secondary N) is 2. The van der Waals surface area contributed by atoms with Crippen molar-refractivity contribution in [1.82, 2.24) is 4.72 Å². The van der Waals surface area contributed by atoms with Gasteiger partial charge in [-0.2, -0.15) is 0 Å². The summed E-state index contributed by atoms with van der Waals surface area (Å²) < 4.78 is 25.8. The highest BCUT2D eigenvalue weighted by Gasteiger charge is 2.23. The van der Waals surface area contributed by atoms with Gasteiger partial charge in [0.25, 0.3) is 0 Å². The van der Waals surface area contributed by atoms with Gasteiger partial charge in [-0.15, -0.1) is 0 Å². The topological polar surface area (TPSA) is 133 Å². The molecule has 2 rings (SSSR count). The Kier molecular flexibility index (Phi) is 3.75. The van der Waals surface area contributed by atoms with Crippen molar-refractivity contribution >= 4 is 27.6 Å². The van der Waals surface area contributed by atoms with E-state index >= 15 is 0 Å². The standard InChI is InChI=1S/C11H12N2O6S/c14-9(11(16)17)5-12-20(18,19)7-1-2-8-6(3-7)4-10(15)13-8/h1-3,9,12,14H,4-5H2,(H,13,15)(H,16,17). The lowest BCUT2D eigenvalue weighted by Gasteiger charge is -2.09. The van der Waals surface area contributed by atoms with Crippen molar-refractivity contribution in [3.63, 3.8) is 0 Å². The Morgan fingerprint density at radius 3 is 2.80 bits per heavy atom. The summed E-state index contributed by atoms with van der Waals surface area (Å²) in [4.78, 5) is 21.5. The number of aliphatic hydroxyl groups excluding tert-OH is 1. The molecule has 20 heavy (non-hydrogen) atoms. The Balaban J connectivity index is 2.17. The van der Waals surface area contributed by atoms with E-state index in [1.165, 1.54) is 18.2 Å².